The van der Waals surface area contributed by atoms with Crippen molar-refractivity contribution in [3.63, 3.8) is 0 Å². The zero-order valence-electron chi connectivity index (χ0n) is 13.3. The van der Waals surface area contributed by atoms with E-state index in [2.05, 4.69) is 15.1 Å². The molecule has 1 N–H and O–H groups in total. The Morgan fingerprint density at radius 3 is 2.92 bits per heavy atom. The van der Waals surface area contributed by atoms with Crippen molar-refractivity contribution in [1.82, 2.24) is 19.7 Å². The van der Waals surface area contributed by atoms with Crippen LogP contribution in [0.25, 0.3) is 11.0 Å². The third-order valence-electron chi connectivity index (χ3n) is 4.40. The number of hydrogen-bond acceptors (Lipinski definition) is 4. The van der Waals surface area contributed by atoms with Crippen LogP contribution in [0.5, 0.6) is 0 Å². The third kappa shape index (κ3) is 3.17. The Morgan fingerprint density at radius 1 is 1.36 bits per heavy atom. The predicted octanol–water partition coefficient (Wildman–Crippen LogP) is 2.85. The number of nitrogens with one attached hydrogen (secondary N) is 1. The smallest absolute Gasteiger partial charge is 0.262 e. The van der Waals surface area contributed by atoms with Crippen molar-refractivity contribution in [1.29, 1.82) is 0 Å². The van der Waals surface area contributed by atoms with Gasteiger partial charge in [-0.3, -0.25) is 4.79 Å². The SMILES string of the molecule is O=c1[nH]c(Cc2ccc(F)c(Cl)c2)nc2c1cnn2C1CCOCC1. The number of fused-ring (bicyclic) bond motifs is 1. The summed E-state index contributed by atoms with van der Waals surface area (Å²) in [4.78, 5) is 19.7. The van der Waals surface area contributed by atoms with Gasteiger partial charge in [-0.2, -0.15) is 5.10 Å². The van der Waals surface area contributed by atoms with Crippen LogP contribution in [0.4, 0.5) is 4.39 Å². The van der Waals surface area contributed by atoms with Gasteiger partial charge in [-0.25, -0.2) is 14.1 Å². The highest BCUT2D eigenvalue weighted by Gasteiger charge is 2.20. The minimum Gasteiger partial charge on any atom is -0.381 e. The molecular weight excluding hydrogens is 347 g/mol. The molecule has 0 bridgehead atoms. The third-order valence-corrected chi connectivity index (χ3v) is 4.69. The lowest BCUT2D eigenvalue weighted by atomic mass is 10.1. The molecule has 1 aliphatic heterocycles. The van der Waals surface area contributed by atoms with E-state index in [1.807, 2.05) is 4.68 Å². The molecule has 130 valence electrons. The number of hydrogen-bond donors (Lipinski definition) is 1. The molecule has 0 amide bonds. The maximum Gasteiger partial charge on any atom is 0.262 e. The molecule has 0 radical (unpaired) electrons. The fourth-order valence-corrected chi connectivity index (χ4v) is 3.31. The number of benzene rings is 1. The van der Waals surface area contributed by atoms with Gasteiger partial charge in [0.15, 0.2) is 5.65 Å². The van der Waals surface area contributed by atoms with Crippen molar-refractivity contribution in [2.75, 3.05) is 13.2 Å². The number of halogens is 2. The summed E-state index contributed by atoms with van der Waals surface area (Å²) in [5, 5.41) is 4.88. The van der Waals surface area contributed by atoms with Gasteiger partial charge in [-0.05, 0) is 30.5 Å². The van der Waals surface area contributed by atoms with E-state index < -0.39 is 5.82 Å². The maximum absolute atomic E-state index is 13.3. The number of ether oxygens (including phenoxy) is 1. The Morgan fingerprint density at radius 2 is 2.16 bits per heavy atom. The average molecular weight is 363 g/mol. The molecule has 3 aromatic rings. The Kier molecular flexibility index (Phi) is 4.27. The summed E-state index contributed by atoms with van der Waals surface area (Å²) in [6, 6.07) is 4.65. The van der Waals surface area contributed by atoms with Crippen LogP contribution in [0.3, 0.4) is 0 Å². The van der Waals surface area contributed by atoms with Crippen LogP contribution in [0.2, 0.25) is 5.02 Å². The predicted molar refractivity (Wildman–Crippen MR) is 91.5 cm³/mol. The summed E-state index contributed by atoms with van der Waals surface area (Å²) in [6.07, 6.45) is 3.58. The Labute approximate surface area is 147 Å². The van der Waals surface area contributed by atoms with Crippen LogP contribution in [0.15, 0.2) is 29.2 Å². The molecule has 1 aromatic carbocycles. The van der Waals surface area contributed by atoms with Crippen LogP contribution >= 0.6 is 11.6 Å². The maximum atomic E-state index is 13.3. The monoisotopic (exact) mass is 362 g/mol. The number of aromatic amines is 1. The first-order chi connectivity index (χ1) is 12.1. The standard InChI is InChI=1S/C17H16ClFN4O2/c18-13-7-10(1-2-14(13)19)8-15-21-16-12(17(24)22-15)9-20-23(16)11-3-5-25-6-4-11/h1-2,7,9,11H,3-6,8H2,(H,21,22,24). The van der Waals surface area contributed by atoms with Crippen molar-refractivity contribution in [3.05, 3.63) is 57.0 Å². The molecule has 0 atom stereocenters. The number of rotatable bonds is 3. The van der Waals surface area contributed by atoms with E-state index in [1.54, 1.807) is 12.3 Å². The molecule has 25 heavy (non-hydrogen) atoms. The van der Waals surface area contributed by atoms with E-state index in [0.717, 1.165) is 18.4 Å². The van der Waals surface area contributed by atoms with Gasteiger partial charge >= 0.3 is 0 Å². The molecule has 4 rings (SSSR count). The van der Waals surface area contributed by atoms with Crippen LogP contribution in [0.1, 0.15) is 30.3 Å². The number of nitrogens with zero attached hydrogens (tertiary/aromatic N) is 3. The van der Waals surface area contributed by atoms with Crippen molar-refractivity contribution in [3.8, 4) is 0 Å². The first-order valence-electron chi connectivity index (χ1n) is 8.10. The van der Waals surface area contributed by atoms with E-state index in [0.29, 0.717) is 36.5 Å². The van der Waals surface area contributed by atoms with Gasteiger partial charge < -0.3 is 9.72 Å². The fraction of sp³-hybridized carbons (Fsp3) is 0.353. The minimum absolute atomic E-state index is 0.0492. The van der Waals surface area contributed by atoms with E-state index in [-0.39, 0.29) is 16.6 Å². The fourth-order valence-electron chi connectivity index (χ4n) is 3.11. The van der Waals surface area contributed by atoms with E-state index >= 15 is 0 Å². The summed E-state index contributed by atoms with van der Waals surface area (Å²) in [6.45, 7) is 1.35. The van der Waals surface area contributed by atoms with Crippen LogP contribution in [-0.4, -0.2) is 33.0 Å². The molecule has 6 nitrogen and oxygen atoms in total. The first-order valence-corrected chi connectivity index (χ1v) is 8.47. The molecule has 1 saturated heterocycles. The normalized spacial score (nSPS) is 15.8. The summed E-state index contributed by atoms with van der Waals surface area (Å²) in [5.74, 6) is 0.0221. The molecule has 3 heterocycles. The van der Waals surface area contributed by atoms with Crippen molar-refractivity contribution in [2.24, 2.45) is 0 Å². The van der Waals surface area contributed by atoms with Gasteiger partial charge in [0.05, 0.1) is 17.3 Å². The van der Waals surface area contributed by atoms with E-state index in [1.165, 1.54) is 12.1 Å². The van der Waals surface area contributed by atoms with Gasteiger partial charge in [0.25, 0.3) is 5.56 Å². The number of H-pyrrole nitrogens is 1. The van der Waals surface area contributed by atoms with Gasteiger partial charge in [0, 0.05) is 19.6 Å². The molecular formula is C17H16ClFN4O2. The largest absolute Gasteiger partial charge is 0.381 e. The molecule has 0 unspecified atom stereocenters. The number of aromatic nitrogens is 4. The van der Waals surface area contributed by atoms with Gasteiger partial charge in [-0.1, -0.05) is 17.7 Å². The first kappa shape index (κ1) is 16.2. The molecule has 0 saturated carbocycles. The quantitative estimate of drug-likeness (QED) is 0.777. The molecule has 2 aromatic heterocycles. The molecule has 0 aliphatic carbocycles. The van der Waals surface area contributed by atoms with Crippen LogP contribution in [-0.2, 0) is 11.2 Å². The topological polar surface area (TPSA) is 72.8 Å². The zero-order valence-corrected chi connectivity index (χ0v) is 14.1. The van der Waals surface area contributed by atoms with Crippen molar-refractivity contribution >= 4 is 22.6 Å². The second-order valence-corrected chi connectivity index (χ2v) is 6.52. The highest BCUT2D eigenvalue weighted by Crippen LogP contribution is 2.23. The van der Waals surface area contributed by atoms with Crippen LogP contribution in [0, 0.1) is 5.82 Å². The molecule has 1 fully saturated rings. The lowest BCUT2D eigenvalue weighted by Gasteiger charge is -2.22. The second kappa shape index (κ2) is 6.57. The molecule has 1 aliphatic rings. The summed E-state index contributed by atoms with van der Waals surface area (Å²) >= 11 is 5.82. The van der Waals surface area contributed by atoms with Crippen molar-refractivity contribution < 1.29 is 9.13 Å². The summed E-state index contributed by atoms with van der Waals surface area (Å²) in [5.41, 5.74) is 1.11. The molecule has 8 heteroatoms. The highest BCUT2D eigenvalue weighted by molar-refractivity contribution is 6.30. The molecule has 0 spiro atoms. The highest BCUT2D eigenvalue weighted by atomic mass is 35.5. The van der Waals surface area contributed by atoms with Crippen molar-refractivity contribution in [2.45, 2.75) is 25.3 Å². The minimum atomic E-state index is -0.472. The average Bonchev–Trinajstić information content (AvgIpc) is 3.03. The Balaban J connectivity index is 1.72. The zero-order chi connectivity index (χ0) is 17.4. The summed E-state index contributed by atoms with van der Waals surface area (Å²) < 4.78 is 20.5. The Bertz CT molecular complexity index is 978. The lowest BCUT2D eigenvalue weighted by Crippen LogP contribution is -2.21. The summed E-state index contributed by atoms with van der Waals surface area (Å²) in [7, 11) is 0. The lowest BCUT2D eigenvalue weighted by molar-refractivity contribution is 0.0673. The van der Waals surface area contributed by atoms with E-state index in [4.69, 9.17) is 16.3 Å². The van der Waals surface area contributed by atoms with Gasteiger partial charge in [-0.15, -0.1) is 0 Å². The Hall–Kier alpha value is -2.25. The van der Waals surface area contributed by atoms with E-state index in [9.17, 15) is 9.18 Å². The van der Waals surface area contributed by atoms with Crippen LogP contribution < -0.4 is 5.56 Å². The van der Waals surface area contributed by atoms with Gasteiger partial charge in [0.2, 0.25) is 0 Å². The van der Waals surface area contributed by atoms with Gasteiger partial charge in [0.1, 0.15) is 17.0 Å². The second-order valence-electron chi connectivity index (χ2n) is 6.11.